The van der Waals surface area contributed by atoms with E-state index in [0.717, 1.165) is 71.5 Å². The number of fused-ring (bicyclic) bond motifs is 10. The lowest BCUT2D eigenvalue weighted by atomic mass is 9.88. The molecule has 0 amide bonds. The maximum atomic E-state index is 9.30. The minimum absolute atomic E-state index is 0. The van der Waals surface area contributed by atoms with Gasteiger partial charge >= 0.3 is 0 Å². The molecule has 0 aliphatic heterocycles. The third-order valence-electron chi connectivity index (χ3n) is 14.8. The Morgan fingerprint density at radius 2 is 1.12 bits per heavy atom. The van der Waals surface area contributed by atoms with Crippen LogP contribution < -0.4 is 21.7 Å². The van der Waals surface area contributed by atoms with Crippen LogP contribution in [0.4, 0.5) is 0 Å². The molecule has 7 nitrogen and oxygen atoms in total. The van der Waals surface area contributed by atoms with Gasteiger partial charge in [-0.1, -0.05) is 178 Å². The monoisotopic (exact) mass is 1040 g/mol. The fourth-order valence-corrected chi connectivity index (χ4v) is 11.2. The summed E-state index contributed by atoms with van der Waals surface area (Å²) in [5, 5.41) is 5.78. The first-order valence-corrected chi connectivity index (χ1v) is 25.4. The standard InChI is InChI=1S/C70H50N5O2.ClH/c1-70(2,3)47-36-37-71-68(38-47)75-60-34-16-12-28-54(60)56-40-64(74-58-32-14-10-26-52(58)53-27-11-15-33-59(53)74)67(42-61(56)75)76-49-25-18-24-48(39-49)72-44-73(62-41-57-55-29-13-17-35-65(55)77-66(57)43-63(62)72)69-50(45-20-6-4-7-21-45)30-19-31-51(69)46-22-8-5-9-23-46;/h4-44H,1-3H3;1H/q+1;/p-1/i4D,5D,6D,7D,8D,9D,20D,21D,22D,23D;. The van der Waals surface area contributed by atoms with Crippen LogP contribution in [0, 0.1) is 0 Å². The molecule has 0 aliphatic rings. The number of furan rings is 1. The molecule has 0 fully saturated rings. The van der Waals surface area contributed by atoms with Crippen molar-refractivity contribution in [2.75, 3.05) is 0 Å². The van der Waals surface area contributed by atoms with E-state index in [1.807, 2.05) is 89.6 Å². The maximum Gasteiger partial charge on any atom is 0.255 e. The Labute approximate surface area is 470 Å². The Balaban J connectivity index is 0.00000680. The summed E-state index contributed by atoms with van der Waals surface area (Å²) in [6.45, 7) is 6.57. The van der Waals surface area contributed by atoms with Crippen LogP contribution in [0.5, 0.6) is 11.5 Å². The molecule has 0 unspecified atom stereocenters. The summed E-state index contributed by atoms with van der Waals surface area (Å²) < 4.78 is 112. The predicted molar refractivity (Wildman–Crippen MR) is 315 cm³/mol. The summed E-state index contributed by atoms with van der Waals surface area (Å²) in [6, 6.07) is 52.3. The molecule has 374 valence electrons. The van der Waals surface area contributed by atoms with Gasteiger partial charge in [-0.2, -0.15) is 9.13 Å². The van der Waals surface area contributed by atoms with E-state index in [4.69, 9.17) is 22.4 Å². The predicted octanol–water partition coefficient (Wildman–Crippen LogP) is 14.8. The molecule has 0 saturated heterocycles. The van der Waals surface area contributed by atoms with Crippen LogP contribution in [0.1, 0.15) is 40.0 Å². The highest BCUT2D eigenvalue weighted by Crippen LogP contribution is 2.44. The number of hydrogen-bond donors (Lipinski definition) is 0. The summed E-state index contributed by atoms with van der Waals surface area (Å²) in [5.41, 5.74) is 8.81. The Kier molecular flexibility index (Phi) is 8.69. The van der Waals surface area contributed by atoms with Crippen molar-refractivity contribution in [1.82, 2.24) is 18.7 Å². The lowest BCUT2D eigenvalue weighted by molar-refractivity contribution is -0.567. The molecular formula is C70H50ClN5O2. The van der Waals surface area contributed by atoms with Gasteiger partial charge in [0.25, 0.3) is 6.33 Å². The van der Waals surface area contributed by atoms with Crippen molar-refractivity contribution in [3.63, 3.8) is 0 Å². The number of aromatic nitrogens is 5. The molecule has 8 heteroatoms. The van der Waals surface area contributed by atoms with Gasteiger partial charge in [0.1, 0.15) is 34.1 Å². The number of benzene rings is 10. The zero-order valence-corrected chi connectivity index (χ0v) is 43.1. The van der Waals surface area contributed by atoms with Crippen molar-refractivity contribution >= 4 is 76.6 Å². The second-order valence-electron chi connectivity index (χ2n) is 20.3. The molecule has 15 aromatic rings. The fourth-order valence-electron chi connectivity index (χ4n) is 11.2. The van der Waals surface area contributed by atoms with Crippen LogP contribution in [-0.4, -0.2) is 18.7 Å². The van der Waals surface area contributed by atoms with Crippen LogP contribution in [0.3, 0.4) is 0 Å². The molecule has 78 heavy (non-hydrogen) atoms. The molecule has 5 heterocycles. The van der Waals surface area contributed by atoms with Crippen LogP contribution in [-0.2, 0) is 5.41 Å². The maximum absolute atomic E-state index is 9.30. The number of rotatable bonds is 8. The molecule has 0 saturated carbocycles. The normalized spacial score (nSPS) is 13.7. The first kappa shape index (κ1) is 37.1. The van der Waals surface area contributed by atoms with Crippen molar-refractivity contribution in [1.29, 1.82) is 0 Å². The minimum Gasteiger partial charge on any atom is -1.00 e. The Hall–Kier alpha value is -9.69. The fraction of sp³-hybridized carbons (Fsp3) is 0.0571. The van der Waals surface area contributed by atoms with Crippen LogP contribution in [0.15, 0.2) is 253 Å². The van der Waals surface area contributed by atoms with Crippen LogP contribution >= 0.6 is 0 Å². The lowest BCUT2D eigenvalue weighted by Crippen LogP contribution is -3.00. The van der Waals surface area contributed by atoms with Crippen LogP contribution in [0.25, 0.3) is 122 Å². The largest absolute Gasteiger partial charge is 1.00 e. The van der Waals surface area contributed by atoms with Gasteiger partial charge in [0.15, 0.2) is 16.8 Å². The van der Waals surface area contributed by atoms with Gasteiger partial charge in [-0.05, 0) is 76.7 Å². The molecule has 0 radical (unpaired) electrons. The quantitative estimate of drug-likeness (QED) is 0.143. The highest BCUT2D eigenvalue weighted by Gasteiger charge is 2.28. The minimum atomic E-state index is -0.579. The third-order valence-corrected chi connectivity index (χ3v) is 14.8. The van der Waals surface area contributed by atoms with Crippen molar-refractivity contribution in [3.8, 4) is 56.6 Å². The summed E-state index contributed by atoms with van der Waals surface area (Å²) in [4.78, 5) is 4.99. The van der Waals surface area contributed by atoms with E-state index in [9.17, 15) is 5.48 Å². The Morgan fingerprint density at radius 1 is 0.513 bits per heavy atom. The Bertz CT molecular complexity index is 5270. The van der Waals surface area contributed by atoms with Crippen molar-refractivity contribution in [2.24, 2.45) is 0 Å². The lowest BCUT2D eigenvalue weighted by Gasteiger charge is -2.20. The van der Waals surface area contributed by atoms with E-state index in [0.29, 0.717) is 39.4 Å². The highest BCUT2D eigenvalue weighted by molar-refractivity contribution is 6.13. The highest BCUT2D eigenvalue weighted by atomic mass is 35.5. The van der Waals surface area contributed by atoms with Crippen molar-refractivity contribution in [3.05, 3.63) is 254 Å². The summed E-state index contributed by atoms with van der Waals surface area (Å²) in [5.74, 6) is 1.79. The van der Waals surface area contributed by atoms with E-state index >= 15 is 0 Å². The number of nitrogens with zero attached hydrogens (tertiary/aromatic N) is 5. The summed E-state index contributed by atoms with van der Waals surface area (Å²) in [6.07, 6.45) is 3.66. The average molecular weight is 1040 g/mol. The first-order valence-electron chi connectivity index (χ1n) is 30.4. The molecule has 10 aromatic carbocycles. The number of para-hydroxylation sites is 5. The molecule has 5 aromatic heterocycles. The van der Waals surface area contributed by atoms with Gasteiger partial charge in [0, 0.05) is 73.9 Å². The van der Waals surface area contributed by atoms with Gasteiger partial charge in [-0.25, -0.2) is 4.98 Å². The van der Waals surface area contributed by atoms with E-state index in [2.05, 4.69) is 109 Å². The zero-order valence-electron chi connectivity index (χ0n) is 52.3. The molecule has 0 atom stereocenters. The van der Waals surface area contributed by atoms with E-state index in [1.54, 1.807) is 29.1 Å². The van der Waals surface area contributed by atoms with Gasteiger partial charge in [-0.15, -0.1) is 0 Å². The number of hydrogen-bond acceptors (Lipinski definition) is 3. The van der Waals surface area contributed by atoms with E-state index in [-0.39, 0.29) is 45.8 Å². The molecule has 0 bridgehead atoms. The topological polar surface area (TPSA) is 53.9 Å². The number of halogens is 1. The van der Waals surface area contributed by atoms with Crippen molar-refractivity contribution in [2.45, 2.75) is 26.2 Å². The summed E-state index contributed by atoms with van der Waals surface area (Å²) >= 11 is 0. The zero-order chi connectivity index (χ0) is 60.1. The second-order valence-corrected chi connectivity index (χ2v) is 20.3. The van der Waals surface area contributed by atoms with E-state index in [1.165, 1.54) is 0 Å². The van der Waals surface area contributed by atoms with Crippen molar-refractivity contribution < 1.29 is 39.8 Å². The second kappa shape index (κ2) is 18.3. The first-order chi connectivity index (χ1) is 42.0. The molecular weight excluding hydrogens is 978 g/mol. The number of ether oxygens (including phenoxy) is 1. The smallest absolute Gasteiger partial charge is 0.255 e. The number of pyridine rings is 1. The van der Waals surface area contributed by atoms with Gasteiger partial charge in [0.2, 0.25) is 0 Å². The van der Waals surface area contributed by atoms with E-state index < -0.39 is 60.4 Å². The molecule has 0 aliphatic carbocycles. The van der Waals surface area contributed by atoms with Gasteiger partial charge in [-0.3, -0.25) is 4.57 Å². The average Bonchev–Trinajstić information content (AvgIpc) is 1.54. The third kappa shape index (κ3) is 7.49. The summed E-state index contributed by atoms with van der Waals surface area (Å²) in [7, 11) is 0. The van der Waals surface area contributed by atoms with Gasteiger partial charge in [0.05, 0.1) is 41.5 Å². The van der Waals surface area contributed by atoms with Crippen LogP contribution in [0.2, 0.25) is 0 Å². The molecule has 15 rings (SSSR count). The SMILES string of the molecule is [2H]c1c([2H])c([2H])c(-c2cccc(-c3c([2H])c([2H])c([2H])c([2H])c3[2H])c2-n2c[n+](-c3cccc(Oc4cc5c(cc4-n4c6ccccc6c6ccccc64)c4ccccc4n5-c4cc(C(C)(C)C)ccn4)c3)c3cc4oc5ccccc5c4cc32)c([2H])c1[2H].[Cl-]. The Morgan fingerprint density at radius 3 is 1.78 bits per heavy atom. The molecule has 0 spiro atoms. The number of imidazole rings is 1. The molecule has 0 N–H and O–H groups in total. The van der Waals surface area contributed by atoms with Gasteiger partial charge < -0.3 is 26.1 Å².